The Morgan fingerprint density at radius 2 is 1.81 bits per heavy atom. The number of aryl methyl sites for hydroxylation is 1. The predicted molar refractivity (Wildman–Crippen MR) is 102 cm³/mol. The van der Waals surface area contributed by atoms with Crippen molar-refractivity contribution in [3.8, 4) is 5.75 Å². The summed E-state index contributed by atoms with van der Waals surface area (Å²) < 4.78 is 5.56. The van der Waals surface area contributed by atoms with Crippen LogP contribution in [0.4, 0.5) is 11.6 Å². The molecule has 2 aromatic rings. The molecule has 0 N–H and O–H groups in total. The highest BCUT2D eigenvalue weighted by Gasteiger charge is 2.23. The molecule has 138 valence electrons. The third-order valence-corrected chi connectivity index (χ3v) is 4.33. The predicted octanol–water partition coefficient (Wildman–Crippen LogP) is 1.58. The topological polar surface area (TPSA) is 61.8 Å². The molecule has 1 fully saturated rings. The molecule has 3 rings (SSSR count). The van der Waals surface area contributed by atoms with Crippen LogP contribution in [0.5, 0.6) is 5.75 Å². The lowest BCUT2D eigenvalue weighted by Gasteiger charge is -2.35. The smallest absolute Gasteiger partial charge is 0.260 e. The number of carbonyl (C=O) groups is 1. The molecule has 1 aromatic carbocycles. The molecule has 1 aliphatic rings. The fourth-order valence-electron chi connectivity index (χ4n) is 2.87. The van der Waals surface area contributed by atoms with Crippen LogP contribution >= 0.6 is 0 Å². The van der Waals surface area contributed by atoms with Crippen LogP contribution in [0.1, 0.15) is 5.82 Å². The monoisotopic (exact) mass is 355 g/mol. The van der Waals surface area contributed by atoms with Crippen LogP contribution in [0.2, 0.25) is 0 Å². The Labute approximate surface area is 154 Å². The van der Waals surface area contributed by atoms with Gasteiger partial charge in [0, 0.05) is 46.3 Å². The van der Waals surface area contributed by atoms with Gasteiger partial charge < -0.3 is 19.4 Å². The molecule has 26 heavy (non-hydrogen) atoms. The zero-order chi connectivity index (χ0) is 18.5. The van der Waals surface area contributed by atoms with Crippen LogP contribution in [-0.4, -0.2) is 67.7 Å². The fraction of sp³-hybridized carbons (Fsp3) is 0.421. The highest BCUT2D eigenvalue weighted by atomic mass is 16.5. The van der Waals surface area contributed by atoms with Crippen molar-refractivity contribution >= 4 is 17.5 Å². The number of anilines is 2. The summed E-state index contributed by atoms with van der Waals surface area (Å²) in [6.07, 6.45) is 0. The van der Waals surface area contributed by atoms with Gasteiger partial charge in [0.25, 0.3) is 5.91 Å². The van der Waals surface area contributed by atoms with Gasteiger partial charge in [-0.25, -0.2) is 9.97 Å². The molecule has 0 radical (unpaired) electrons. The lowest BCUT2D eigenvalue weighted by atomic mass is 10.3. The van der Waals surface area contributed by atoms with Gasteiger partial charge in [-0.15, -0.1) is 0 Å². The largest absolute Gasteiger partial charge is 0.484 e. The molecular weight excluding hydrogens is 330 g/mol. The van der Waals surface area contributed by atoms with E-state index in [0.29, 0.717) is 18.8 Å². The molecule has 1 aromatic heterocycles. The SMILES string of the molecule is Cc1nc(N(C)C)cc(N2CCN(C(=O)COc3ccccc3)CC2)n1. The number of carbonyl (C=O) groups excluding carboxylic acids is 1. The van der Waals surface area contributed by atoms with Crippen LogP contribution in [0.25, 0.3) is 0 Å². The highest BCUT2D eigenvalue weighted by molar-refractivity contribution is 5.78. The summed E-state index contributed by atoms with van der Waals surface area (Å²) in [5.41, 5.74) is 0. The lowest BCUT2D eigenvalue weighted by Crippen LogP contribution is -2.50. The maximum absolute atomic E-state index is 12.4. The normalized spacial score (nSPS) is 14.3. The number of para-hydroxylation sites is 1. The Hall–Kier alpha value is -2.83. The molecule has 0 saturated carbocycles. The molecule has 7 heteroatoms. The van der Waals surface area contributed by atoms with Crippen molar-refractivity contribution in [2.45, 2.75) is 6.92 Å². The highest BCUT2D eigenvalue weighted by Crippen LogP contribution is 2.19. The first-order chi connectivity index (χ1) is 12.5. The van der Waals surface area contributed by atoms with Gasteiger partial charge in [-0.3, -0.25) is 4.79 Å². The summed E-state index contributed by atoms with van der Waals surface area (Å²) in [6, 6.07) is 11.4. The van der Waals surface area contributed by atoms with Crippen LogP contribution in [0.15, 0.2) is 36.4 Å². The summed E-state index contributed by atoms with van der Waals surface area (Å²) in [6.45, 7) is 4.80. The summed E-state index contributed by atoms with van der Waals surface area (Å²) in [4.78, 5) is 27.4. The van der Waals surface area contributed by atoms with Crippen molar-refractivity contribution in [3.05, 3.63) is 42.2 Å². The first-order valence-corrected chi connectivity index (χ1v) is 8.76. The Balaban J connectivity index is 1.55. The standard InChI is InChI=1S/C19H25N5O2/c1-15-20-17(22(2)3)13-18(21-15)23-9-11-24(12-10-23)19(25)14-26-16-7-5-4-6-8-16/h4-8,13H,9-12,14H2,1-3H3. The van der Waals surface area contributed by atoms with Crippen molar-refractivity contribution in [1.82, 2.24) is 14.9 Å². The molecule has 1 aliphatic heterocycles. The zero-order valence-corrected chi connectivity index (χ0v) is 15.6. The molecule has 0 unspecified atom stereocenters. The third kappa shape index (κ3) is 4.41. The van der Waals surface area contributed by atoms with Gasteiger partial charge in [-0.2, -0.15) is 0 Å². The van der Waals surface area contributed by atoms with Crippen LogP contribution < -0.4 is 14.5 Å². The number of aromatic nitrogens is 2. The Morgan fingerprint density at radius 3 is 2.46 bits per heavy atom. The molecule has 1 amide bonds. The van der Waals surface area contributed by atoms with Gasteiger partial charge in [0.05, 0.1) is 0 Å². The number of rotatable bonds is 5. The van der Waals surface area contributed by atoms with E-state index in [2.05, 4.69) is 14.9 Å². The number of hydrogen-bond acceptors (Lipinski definition) is 6. The fourth-order valence-corrected chi connectivity index (χ4v) is 2.87. The minimum absolute atomic E-state index is 0.0151. The van der Waals surface area contributed by atoms with E-state index in [9.17, 15) is 4.79 Å². The average molecular weight is 355 g/mol. The second-order valence-corrected chi connectivity index (χ2v) is 6.50. The molecule has 2 heterocycles. The van der Waals surface area contributed by atoms with E-state index in [1.54, 1.807) is 0 Å². The van der Waals surface area contributed by atoms with Crippen molar-refractivity contribution < 1.29 is 9.53 Å². The minimum Gasteiger partial charge on any atom is -0.484 e. The molecule has 0 spiro atoms. The van der Waals surface area contributed by atoms with Crippen molar-refractivity contribution in [1.29, 1.82) is 0 Å². The van der Waals surface area contributed by atoms with E-state index in [-0.39, 0.29) is 12.5 Å². The first-order valence-electron chi connectivity index (χ1n) is 8.76. The van der Waals surface area contributed by atoms with Crippen molar-refractivity contribution in [2.24, 2.45) is 0 Å². The lowest BCUT2D eigenvalue weighted by molar-refractivity contribution is -0.133. The minimum atomic E-state index is 0.0151. The van der Waals surface area contributed by atoms with Gasteiger partial charge in [0.1, 0.15) is 23.2 Å². The van der Waals surface area contributed by atoms with Crippen LogP contribution in [0, 0.1) is 6.92 Å². The number of nitrogens with zero attached hydrogens (tertiary/aromatic N) is 5. The molecule has 7 nitrogen and oxygen atoms in total. The summed E-state index contributed by atoms with van der Waals surface area (Å²) in [5.74, 6) is 3.28. The van der Waals surface area contributed by atoms with E-state index >= 15 is 0 Å². The molecule has 0 aliphatic carbocycles. The quantitative estimate of drug-likeness (QED) is 0.812. The Kier molecular flexibility index (Phi) is 5.55. The van der Waals surface area contributed by atoms with E-state index in [4.69, 9.17) is 4.74 Å². The van der Waals surface area contributed by atoms with E-state index in [0.717, 1.165) is 30.5 Å². The van der Waals surface area contributed by atoms with E-state index < -0.39 is 0 Å². The maximum atomic E-state index is 12.4. The third-order valence-electron chi connectivity index (χ3n) is 4.33. The second-order valence-electron chi connectivity index (χ2n) is 6.50. The second kappa shape index (κ2) is 8.03. The van der Waals surface area contributed by atoms with Crippen LogP contribution in [0.3, 0.4) is 0 Å². The number of piperazine rings is 1. The Bertz CT molecular complexity index is 743. The average Bonchev–Trinajstić information content (AvgIpc) is 2.66. The maximum Gasteiger partial charge on any atom is 0.260 e. The van der Waals surface area contributed by atoms with Crippen LogP contribution in [-0.2, 0) is 4.79 Å². The molecular formula is C19H25N5O2. The van der Waals surface area contributed by atoms with Gasteiger partial charge in [-0.05, 0) is 19.1 Å². The summed E-state index contributed by atoms with van der Waals surface area (Å²) in [7, 11) is 3.93. The van der Waals surface area contributed by atoms with Gasteiger partial charge in [0.15, 0.2) is 6.61 Å². The van der Waals surface area contributed by atoms with Gasteiger partial charge >= 0.3 is 0 Å². The van der Waals surface area contributed by atoms with Crippen molar-refractivity contribution in [3.63, 3.8) is 0 Å². The summed E-state index contributed by atoms with van der Waals surface area (Å²) in [5, 5.41) is 0. The first kappa shape index (κ1) is 18.0. The molecule has 0 bridgehead atoms. The number of ether oxygens (including phenoxy) is 1. The van der Waals surface area contributed by atoms with E-state index in [1.165, 1.54) is 0 Å². The Morgan fingerprint density at radius 1 is 1.12 bits per heavy atom. The molecule has 0 atom stereocenters. The number of benzene rings is 1. The number of hydrogen-bond donors (Lipinski definition) is 0. The zero-order valence-electron chi connectivity index (χ0n) is 15.6. The van der Waals surface area contributed by atoms with Crippen molar-refractivity contribution in [2.75, 3.05) is 56.7 Å². The summed E-state index contributed by atoms with van der Waals surface area (Å²) >= 11 is 0. The van der Waals surface area contributed by atoms with Gasteiger partial charge in [0.2, 0.25) is 0 Å². The van der Waals surface area contributed by atoms with E-state index in [1.807, 2.05) is 67.2 Å². The van der Waals surface area contributed by atoms with Gasteiger partial charge in [-0.1, -0.05) is 18.2 Å². The molecule has 1 saturated heterocycles. The number of amides is 1.